The smallest absolute Gasteiger partial charge is 0.263 e. The van der Waals surface area contributed by atoms with E-state index >= 15 is 0 Å². The maximum atomic E-state index is 13.0. The highest BCUT2D eigenvalue weighted by Crippen LogP contribution is 2.26. The molecule has 1 N–H and O–H groups in total. The molecule has 0 aliphatic carbocycles. The Morgan fingerprint density at radius 1 is 1.07 bits per heavy atom. The van der Waals surface area contributed by atoms with E-state index in [1.54, 1.807) is 48.3 Å². The molecule has 3 heterocycles. The third-order valence-electron chi connectivity index (χ3n) is 5.59. The molecule has 3 amide bonds. The van der Waals surface area contributed by atoms with Crippen LogP contribution in [-0.4, -0.2) is 45.7 Å². The predicted molar refractivity (Wildman–Crippen MR) is 107 cm³/mol. The van der Waals surface area contributed by atoms with E-state index in [2.05, 4.69) is 5.32 Å². The number of rotatable bonds is 2. The van der Waals surface area contributed by atoms with Crippen LogP contribution in [0.1, 0.15) is 44.3 Å². The maximum absolute atomic E-state index is 13.0. The van der Waals surface area contributed by atoms with Crippen LogP contribution in [0.2, 0.25) is 0 Å². The number of nitrogens with zero attached hydrogens (tertiary/aromatic N) is 3. The standard InChI is InChI=1S/C21H22N4O4/c1-12(26)25-7-6-16-14(11-25)10-24(3)21(29)18(16)19(27)22-15-4-5-17-13(8-15)9-23(2)20(17)28/h4-5,8,10H,6-7,9,11H2,1-3H3,(H,22,27). The number of fused-ring (bicyclic) bond motifs is 2. The first-order chi connectivity index (χ1) is 13.8. The summed E-state index contributed by atoms with van der Waals surface area (Å²) in [5, 5.41) is 2.81. The fraction of sp³-hybridized carbons (Fsp3) is 0.333. The van der Waals surface area contributed by atoms with Crippen LogP contribution in [0.3, 0.4) is 0 Å². The molecule has 0 atom stereocenters. The van der Waals surface area contributed by atoms with Gasteiger partial charge in [0.2, 0.25) is 5.91 Å². The number of pyridine rings is 1. The number of anilines is 1. The summed E-state index contributed by atoms with van der Waals surface area (Å²) in [7, 11) is 3.33. The van der Waals surface area contributed by atoms with Crippen LogP contribution >= 0.6 is 0 Å². The van der Waals surface area contributed by atoms with Crippen LogP contribution in [0.25, 0.3) is 0 Å². The summed E-state index contributed by atoms with van der Waals surface area (Å²) < 4.78 is 1.38. The van der Waals surface area contributed by atoms with Crippen molar-refractivity contribution in [2.24, 2.45) is 7.05 Å². The van der Waals surface area contributed by atoms with Crippen LogP contribution in [0.15, 0.2) is 29.2 Å². The highest BCUT2D eigenvalue weighted by atomic mass is 16.2. The second kappa shape index (κ2) is 6.88. The Morgan fingerprint density at radius 2 is 1.83 bits per heavy atom. The topological polar surface area (TPSA) is 91.7 Å². The summed E-state index contributed by atoms with van der Waals surface area (Å²) in [4.78, 5) is 52.8. The number of carbonyl (C=O) groups excluding carboxylic acids is 3. The maximum Gasteiger partial charge on any atom is 0.263 e. The Labute approximate surface area is 167 Å². The lowest BCUT2D eigenvalue weighted by Crippen LogP contribution is -2.39. The van der Waals surface area contributed by atoms with Gasteiger partial charge in [0, 0.05) is 58.1 Å². The van der Waals surface area contributed by atoms with Gasteiger partial charge in [-0.05, 0) is 41.3 Å². The molecule has 0 radical (unpaired) electrons. The number of hydrogen-bond acceptors (Lipinski definition) is 4. The minimum Gasteiger partial charge on any atom is -0.338 e. The molecule has 2 aliphatic rings. The number of amides is 3. The lowest BCUT2D eigenvalue weighted by atomic mass is 9.96. The van der Waals surface area contributed by atoms with E-state index in [9.17, 15) is 19.2 Å². The average molecular weight is 394 g/mol. The number of carbonyl (C=O) groups is 3. The van der Waals surface area contributed by atoms with Crippen molar-refractivity contribution >= 4 is 23.4 Å². The van der Waals surface area contributed by atoms with Gasteiger partial charge in [0.15, 0.2) is 0 Å². The van der Waals surface area contributed by atoms with E-state index in [-0.39, 0.29) is 22.9 Å². The zero-order chi connectivity index (χ0) is 20.9. The number of aromatic nitrogens is 1. The third-order valence-corrected chi connectivity index (χ3v) is 5.59. The van der Waals surface area contributed by atoms with E-state index in [0.717, 1.165) is 11.1 Å². The van der Waals surface area contributed by atoms with Gasteiger partial charge in [-0.2, -0.15) is 0 Å². The highest BCUT2D eigenvalue weighted by molar-refractivity contribution is 6.06. The average Bonchev–Trinajstić information content (AvgIpc) is 2.95. The van der Waals surface area contributed by atoms with Gasteiger partial charge in [0.05, 0.1) is 0 Å². The Balaban J connectivity index is 1.67. The van der Waals surface area contributed by atoms with Crippen molar-refractivity contribution in [1.82, 2.24) is 14.4 Å². The Kier molecular flexibility index (Phi) is 4.49. The first-order valence-electron chi connectivity index (χ1n) is 9.43. The number of nitrogens with one attached hydrogen (secondary N) is 1. The molecular weight excluding hydrogens is 372 g/mol. The van der Waals surface area contributed by atoms with E-state index in [0.29, 0.717) is 42.9 Å². The fourth-order valence-electron chi connectivity index (χ4n) is 4.03. The van der Waals surface area contributed by atoms with Crippen molar-refractivity contribution in [3.8, 4) is 0 Å². The molecule has 8 heteroatoms. The van der Waals surface area contributed by atoms with Crippen LogP contribution < -0.4 is 10.9 Å². The van der Waals surface area contributed by atoms with Crippen molar-refractivity contribution in [2.75, 3.05) is 18.9 Å². The van der Waals surface area contributed by atoms with Crippen molar-refractivity contribution in [2.45, 2.75) is 26.4 Å². The lowest BCUT2D eigenvalue weighted by Gasteiger charge is -2.29. The quantitative estimate of drug-likeness (QED) is 0.827. The largest absolute Gasteiger partial charge is 0.338 e. The molecule has 0 fully saturated rings. The van der Waals surface area contributed by atoms with Crippen molar-refractivity contribution in [1.29, 1.82) is 0 Å². The van der Waals surface area contributed by atoms with Crippen LogP contribution in [0.5, 0.6) is 0 Å². The second-order valence-electron chi connectivity index (χ2n) is 7.60. The molecule has 2 aromatic rings. The van der Waals surface area contributed by atoms with E-state index in [4.69, 9.17) is 0 Å². The van der Waals surface area contributed by atoms with Crippen molar-refractivity contribution in [3.63, 3.8) is 0 Å². The van der Waals surface area contributed by atoms with Gasteiger partial charge in [-0.3, -0.25) is 19.2 Å². The third kappa shape index (κ3) is 3.20. The van der Waals surface area contributed by atoms with Gasteiger partial charge < -0.3 is 19.7 Å². The zero-order valence-electron chi connectivity index (χ0n) is 16.6. The molecule has 8 nitrogen and oxygen atoms in total. The molecule has 1 aromatic carbocycles. The Hall–Kier alpha value is -3.42. The minimum absolute atomic E-state index is 0.0341. The summed E-state index contributed by atoms with van der Waals surface area (Å²) in [6.45, 7) is 2.85. The van der Waals surface area contributed by atoms with Gasteiger partial charge in [0.1, 0.15) is 5.56 Å². The number of hydrogen-bond donors (Lipinski definition) is 1. The molecule has 0 spiro atoms. The number of aryl methyl sites for hydroxylation is 1. The molecule has 150 valence electrons. The lowest BCUT2D eigenvalue weighted by molar-refractivity contribution is -0.129. The van der Waals surface area contributed by atoms with Gasteiger partial charge in [-0.25, -0.2) is 0 Å². The van der Waals surface area contributed by atoms with E-state index in [1.165, 1.54) is 11.5 Å². The first kappa shape index (κ1) is 18.9. The van der Waals surface area contributed by atoms with Crippen molar-refractivity contribution in [3.05, 3.63) is 62.6 Å². The van der Waals surface area contributed by atoms with Crippen LogP contribution in [-0.2, 0) is 31.4 Å². The molecule has 2 aliphatic heterocycles. The summed E-state index contributed by atoms with van der Waals surface area (Å²) >= 11 is 0. The van der Waals surface area contributed by atoms with Gasteiger partial charge in [-0.15, -0.1) is 0 Å². The summed E-state index contributed by atoms with van der Waals surface area (Å²) in [5.74, 6) is -0.552. The fourth-order valence-corrected chi connectivity index (χ4v) is 4.03. The number of benzene rings is 1. The molecule has 1 aromatic heterocycles. The van der Waals surface area contributed by atoms with Crippen molar-refractivity contribution < 1.29 is 14.4 Å². The van der Waals surface area contributed by atoms with E-state index < -0.39 is 5.91 Å². The van der Waals surface area contributed by atoms with Gasteiger partial charge in [-0.1, -0.05) is 0 Å². The molecule has 0 unspecified atom stereocenters. The molecular formula is C21H22N4O4. The zero-order valence-corrected chi connectivity index (χ0v) is 16.6. The summed E-state index contributed by atoms with van der Waals surface area (Å²) in [6.07, 6.45) is 2.15. The minimum atomic E-state index is -0.476. The molecule has 29 heavy (non-hydrogen) atoms. The summed E-state index contributed by atoms with van der Waals surface area (Å²) in [5.41, 5.74) is 3.26. The summed E-state index contributed by atoms with van der Waals surface area (Å²) in [6, 6.07) is 5.14. The van der Waals surface area contributed by atoms with E-state index in [1.807, 2.05) is 0 Å². The normalized spacial score (nSPS) is 15.2. The van der Waals surface area contributed by atoms with Gasteiger partial charge >= 0.3 is 0 Å². The Morgan fingerprint density at radius 3 is 2.55 bits per heavy atom. The van der Waals surface area contributed by atoms with Gasteiger partial charge in [0.25, 0.3) is 17.4 Å². The Bertz CT molecular complexity index is 1120. The second-order valence-corrected chi connectivity index (χ2v) is 7.60. The monoisotopic (exact) mass is 394 g/mol. The predicted octanol–water partition coefficient (Wildman–Crippen LogP) is 1.13. The molecule has 4 rings (SSSR count). The SMILES string of the molecule is CC(=O)N1CCc2c(cn(C)c(=O)c2C(=O)Nc2ccc3c(c2)CN(C)C3=O)C1. The van der Waals surface area contributed by atoms with Crippen LogP contribution in [0.4, 0.5) is 5.69 Å². The molecule has 0 saturated carbocycles. The van der Waals surface area contributed by atoms with Crippen LogP contribution in [0, 0.1) is 0 Å². The molecule has 0 bridgehead atoms. The first-order valence-corrected chi connectivity index (χ1v) is 9.43. The highest BCUT2D eigenvalue weighted by Gasteiger charge is 2.28. The molecule has 0 saturated heterocycles.